The number of rotatable bonds is 8. The fraction of sp³-hybridized carbons (Fsp3) is 1.00. The molecule has 0 heterocycles. The minimum atomic E-state index is 0.336. The van der Waals surface area contributed by atoms with Gasteiger partial charge in [-0.2, -0.15) is 0 Å². The van der Waals surface area contributed by atoms with E-state index in [1.165, 1.54) is 25.7 Å². The Labute approximate surface area is 86.9 Å². The van der Waals surface area contributed by atoms with E-state index >= 15 is 0 Å². The molecule has 3 heteroatoms. The Balaban J connectivity index is 1.84. The normalized spacial score (nSPS) is 19.3. The van der Waals surface area contributed by atoms with E-state index in [9.17, 15) is 0 Å². The Hall–Kier alpha value is -0.120. The lowest BCUT2D eigenvalue weighted by molar-refractivity contribution is 0.0656. The van der Waals surface area contributed by atoms with Gasteiger partial charge in [-0.3, -0.25) is 0 Å². The van der Waals surface area contributed by atoms with Gasteiger partial charge in [0.15, 0.2) is 0 Å². The van der Waals surface area contributed by atoms with Crippen LogP contribution in [0, 0.1) is 5.92 Å². The van der Waals surface area contributed by atoms with Gasteiger partial charge in [0.1, 0.15) is 0 Å². The molecule has 1 aliphatic rings. The molecule has 0 bridgehead atoms. The fourth-order valence-electron chi connectivity index (χ4n) is 1.75. The molecular weight excluding hydrogens is 178 g/mol. The summed E-state index contributed by atoms with van der Waals surface area (Å²) >= 11 is 0. The third-order valence-electron chi connectivity index (χ3n) is 2.93. The molecule has 0 aromatic heterocycles. The first-order valence-electron chi connectivity index (χ1n) is 5.65. The van der Waals surface area contributed by atoms with Crippen LogP contribution >= 0.6 is 0 Å². The average molecular weight is 201 g/mol. The van der Waals surface area contributed by atoms with E-state index in [4.69, 9.17) is 15.2 Å². The first kappa shape index (κ1) is 12.0. The summed E-state index contributed by atoms with van der Waals surface area (Å²) in [4.78, 5) is 0. The smallest absolute Gasteiger partial charge is 0.0700 e. The monoisotopic (exact) mass is 201 g/mol. The van der Waals surface area contributed by atoms with Crippen molar-refractivity contribution in [3.8, 4) is 0 Å². The molecule has 1 aliphatic carbocycles. The number of hydrogen-bond donors (Lipinski definition) is 1. The van der Waals surface area contributed by atoms with Gasteiger partial charge in [0.2, 0.25) is 0 Å². The van der Waals surface area contributed by atoms with E-state index in [2.05, 4.69) is 0 Å². The maximum Gasteiger partial charge on any atom is 0.0700 e. The van der Waals surface area contributed by atoms with Crippen LogP contribution in [0.1, 0.15) is 32.1 Å². The van der Waals surface area contributed by atoms with Gasteiger partial charge < -0.3 is 15.2 Å². The van der Waals surface area contributed by atoms with Gasteiger partial charge in [-0.25, -0.2) is 0 Å². The molecule has 0 aliphatic heterocycles. The van der Waals surface area contributed by atoms with Crippen molar-refractivity contribution in [2.75, 3.05) is 26.9 Å². The summed E-state index contributed by atoms with van der Waals surface area (Å²) in [5.74, 6) is 0.906. The van der Waals surface area contributed by atoms with Gasteiger partial charge in [0.25, 0.3) is 0 Å². The third-order valence-corrected chi connectivity index (χ3v) is 2.93. The van der Waals surface area contributed by atoms with E-state index in [1.54, 1.807) is 7.11 Å². The maximum absolute atomic E-state index is 5.99. The quantitative estimate of drug-likeness (QED) is 0.606. The van der Waals surface area contributed by atoms with Gasteiger partial charge in [0, 0.05) is 19.8 Å². The third kappa shape index (κ3) is 4.94. The van der Waals surface area contributed by atoms with Crippen molar-refractivity contribution in [2.24, 2.45) is 11.7 Å². The Kier molecular flexibility index (Phi) is 6.15. The molecular formula is C11H23NO2. The highest BCUT2D eigenvalue weighted by molar-refractivity contribution is 4.74. The van der Waals surface area contributed by atoms with E-state index in [-0.39, 0.29) is 0 Å². The zero-order chi connectivity index (χ0) is 10.2. The fourth-order valence-corrected chi connectivity index (χ4v) is 1.75. The highest BCUT2D eigenvalue weighted by Gasteiger charge is 2.19. The summed E-state index contributed by atoms with van der Waals surface area (Å²) in [5, 5.41) is 0. The molecule has 2 N–H and O–H groups in total. The van der Waals surface area contributed by atoms with Crippen LogP contribution in [-0.2, 0) is 9.47 Å². The van der Waals surface area contributed by atoms with Crippen LogP contribution in [0.3, 0.4) is 0 Å². The molecule has 0 saturated heterocycles. The number of methoxy groups -OCH3 is 1. The van der Waals surface area contributed by atoms with Gasteiger partial charge in [-0.1, -0.05) is 19.3 Å². The van der Waals surface area contributed by atoms with Gasteiger partial charge in [-0.15, -0.1) is 0 Å². The minimum absolute atomic E-state index is 0.336. The largest absolute Gasteiger partial charge is 0.382 e. The molecule has 0 amide bonds. The first-order chi connectivity index (χ1) is 6.83. The Morgan fingerprint density at radius 1 is 1.29 bits per heavy atom. The minimum Gasteiger partial charge on any atom is -0.382 e. The summed E-state index contributed by atoms with van der Waals surface area (Å²) in [6.45, 7) is 2.14. The molecule has 1 fully saturated rings. The van der Waals surface area contributed by atoms with Gasteiger partial charge in [0.05, 0.1) is 13.2 Å². The highest BCUT2D eigenvalue weighted by atomic mass is 16.5. The first-order valence-corrected chi connectivity index (χ1v) is 5.65. The molecule has 0 aromatic carbocycles. The van der Waals surface area contributed by atoms with Crippen molar-refractivity contribution in [1.29, 1.82) is 0 Å². The second-order valence-corrected chi connectivity index (χ2v) is 4.19. The summed E-state index contributed by atoms with van der Waals surface area (Å²) in [6.07, 6.45) is 6.35. The molecule has 1 saturated carbocycles. The molecule has 1 atom stereocenters. The Morgan fingerprint density at radius 3 is 2.64 bits per heavy atom. The Morgan fingerprint density at radius 2 is 2.07 bits per heavy atom. The summed E-state index contributed by atoms with van der Waals surface area (Å²) in [6, 6.07) is 0.336. The second-order valence-electron chi connectivity index (χ2n) is 4.19. The van der Waals surface area contributed by atoms with E-state index < -0.39 is 0 Å². The van der Waals surface area contributed by atoms with E-state index in [1.807, 2.05) is 0 Å². The highest BCUT2D eigenvalue weighted by Crippen LogP contribution is 2.30. The van der Waals surface area contributed by atoms with Crippen LogP contribution in [0.4, 0.5) is 0 Å². The number of ether oxygens (including phenoxy) is 2. The maximum atomic E-state index is 5.99. The van der Waals surface area contributed by atoms with E-state index in [0.717, 1.165) is 18.9 Å². The van der Waals surface area contributed by atoms with Crippen molar-refractivity contribution >= 4 is 0 Å². The molecule has 3 nitrogen and oxygen atoms in total. The zero-order valence-corrected chi connectivity index (χ0v) is 9.21. The van der Waals surface area contributed by atoms with Crippen molar-refractivity contribution in [1.82, 2.24) is 0 Å². The van der Waals surface area contributed by atoms with Crippen LogP contribution in [0.2, 0.25) is 0 Å². The Bertz CT molecular complexity index is 137. The van der Waals surface area contributed by atoms with Crippen molar-refractivity contribution in [3.63, 3.8) is 0 Å². The molecule has 1 unspecified atom stereocenters. The predicted octanol–water partition coefficient (Wildman–Crippen LogP) is 1.56. The lowest BCUT2D eigenvalue weighted by Crippen LogP contribution is -2.28. The van der Waals surface area contributed by atoms with Crippen LogP contribution < -0.4 is 5.73 Å². The SMILES string of the molecule is COCCOCCC(N)CC1CCC1. The molecule has 0 aromatic rings. The van der Waals surface area contributed by atoms with E-state index in [0.29, 0.717) is 19.3 Å². The van der Waals surface area contributed by atoms with Crippen LogP contribution in [-0.4, -0.2) is 33.0 Å². The van der Waals surface area contributed by atoms with Gasteiger partial charge in [-0.05, 0) is 18.8 Å². The van der Waals surface area contributed by atoms with Crippen LogP contribution in [0.5, 0.6) is 0 Å². The van der Waals surface area contributed by atoms with Gasteiger partial charge >= 0.3 is 0 Å². The average Bonchev–Trinajstić information content (AvgIpc) is 2.11. The van der Waals surface area contributed by atoms with Crippen molar-refractivity contribution in [3.05, 3.63) is 0 Å². The van der Waals surface area contributed by atoms with Crippen molar-refractivity contribution in [2.45, 2.75) is 38.1 Å². The molecule has 0 radical (unpaired) electrons. The van der Waals surface area contributed by atoms with Crippen LogP contribution in [0.25, 0.3) is 0 Å². The molecule has 1 rings (SSSR count). The molecule has 84 valence electrons. The summed E-state index contributed by atoms with van der Waals surface area (Å²) < 4.78 is 10.3. The second kappa shape index (κ2) is 7.21. The predicted molar refractivity (Wildman–Crippen MR) is 57.2 cm³/mol. The standard InChI is InChI=1S/C11H23NO2/c1-13-7-8-14-6-5-11(12)9-10-3-2-4-10/h10-11H,2-9,12H2,1H3. The zero-order valence-electron chi connectivity index (χ0n) is 9.21. The lowest BCUT2D eigenvalue weighted by Gasteiger charge is -2.27. The topological polar surface area (TPSA) is 44.5 Å². The molecule has 0 spiro atoms. The number of hydrogen-bond acceptors (Lipinski definition) is 3. The lowest BCUT2D eigenvalue weighted by atomic mass is 9.80. The summed E-state index contributed by atoms with van der Waals surface area (Å²) in [5.41, 5.74) is 5.99. The van der Waals surface area contributed by atoms with Crippen LogP contribution in [0.15, 0.2) is 0 Å². The number of nitrogens with two attached hydrogens (primary N) is 1. The van der Waals surface area contributed by atoms with Crippen molar-refractivity contribution < 1.29 is 9.47 Å². The molecule has 14 heavy (non-hydrogen) atoms. The summed E-state index contributed by atoms with van der Waals surface area (Å²) in [7, 11) is 1.69.